The molecule has 0 aliphatic carbocycles. The first kappa shape index (κ1) is 15.4. The molecule has 1 atom stereocenters. The van der Waals surface area contributed by atoms with Crippen LogP contribution in [0.3, 0.4) is 0 Å². The van der Waals surface area contributed by atoms with E-state index in [0.29, 0.717) is 12.2 Å². The summed E-state index contributed by atoms with van der Waals surface area (Å²) in [5.74, 6) is 0.165. The molecule has 112 valence electrons. The standard InChI is InChI=1S/C16H19FN2O2/c1-11(16(20)15-5-4-14(17)8-18-15)9-19(3)10-13-6-7-21-12(13)2/h4-8,11H,9-10H2,1-3H3. The van der Waals surface area contributed by atoms with Gasteiger partial charge in [-0.15, -0.1) is 0 Å². The molecule has 0 amide bonds. The van der Waals surface area contributed by atoms with Crippen molar-refractivity contribution in [2.24, 2.45) is 5.92 Å². The molecule has 1 unspecified atom stereocenters. The number of halogens is 1. The van der Waals surface area contributed by atoms with Gasteiger partial charge in [-0.05, 0) is 32.2 Å². The summed E-state index contributed by atoms with van der Waals surface area (Å²) >= 11 is 0. The lowest BCUT2D eigenvalue weighted by Crippen LogP contribution is -2.29. The maximum Gasteiger partial charge on any atom is 0.185 e. The Bertz CT molecular complexity index is 607. The molecule has 0 aliphatic heterocycles. The number of ketones is 1. The van der Waals surface area contributed by atoms with E-state index in [0.717, 1.165) is 24.1 Å². The van der Waals surface area contributed by atoms with Crippen molar-refractivity contribution in [3.63, 3.8) is 0 Å². The molecule has 0 saturated carbocycles. The van der Waals surface area contributed by atoms with Crippen molar-refractivity contribution in [3.05, 3.63) is 53.5 Å². The topological polar surface area (TPSA) is 46.3 Å². The van der Waals surface area contributed by atoms with Gasteiger partial charge in [-0.1, -0.05) is 6.92 Å². The minimum Gasteiger partial charge on any atom is -0.469 e. The van der Waals surface area contributed by atoms with Gasteiger partial charge in [-0.2, -0.15) is 0 Å². The normalized spacial score (nSPS) is 12.6. The van der Waals surface area contributed by atoms with Crippen molar-refractivity contribution in [2.75, 3.05) is 13.6 Å². The first-order valence-corrected chi connectivity index (χ1v) is 6.84. The van der Waals surface area contributed by atoms with Gasteiger partial charge >= 0.3 is 0 Å². The Kier molecular flexibility index (Phi) is 4.85. The Morgan fingerprint density at radius 2 is 2.19 bits per heavy atom. The quantitative estimate of drug-likeness (QED) is 0.767. The average Bonchev–Trinajstić information content (AvgIpc) is 2.84. The van der Waals surface area contributed by atoms with E-state index in [-0.39, 0.29) is 11.7 Å². The van der Waals surface area contributed by atoms with E-state index in [2.05, 4.69) is 9.88 Å². The molecule has 0 spiro atoms. The van der Waals surface area contributed by atoms with Gasteiger partial charge in [-0.3, -0.25) is 9.78 Å². The molecular weight excluding hydrogens is 271 g/mol. The predicted octanol–water partition coefficient (Wildman–Crippen LogP) is 3.07. The molecule has 2 aromatic rings. The maximum absolute atomic E-state index is 12.8. The number of aryl methyl sites for hydroxylation is 1. The van der Waals surface area contributed by atoms with Gasteiger partial charge in [-0.25, -0.2) is 4.39 Å². The van der Waals surface area contributed by atoms with E-state index in [1.165, 1.54) is 12.1 Å². The zero-order chi connectivity index (χ0) is 15.4. The van der Waals surface area contributed by atoms with Gasteiger partial charge in [0.2, 0.25) is 0 Å². The van der Waals surface area contributed by atoms with Crippen molar-refractivity contribution >= 4 is 5.78 Å². The Morgan fingerprint density at radius 3 is 2.76 bits per heavy atom. The minimum atomic E-state index is -0.438. The van der Waals surface area contributed by atoms with Crippen molar-refractivity contribution < 1.29 is 13.6 Å². The van der Waals surface area contributed by atoms with Gasteiger partial charge in [0.15, 0.2) is 5.78 Å². The van der Waals surface area contributed by atoms with E-state index in [4.69, 9.17) is 4.42 Å². The van der Waals surface area contributed by atoms with E-state index < -0.39 is 5.82 Å². The molecular formula is C16H19FN2O2. The SMILES string of the molecule is Cc1occc1CN(C)CC(C)C(=O)c1ccc(F)cn1. The van der Waals surface area contributed by atoms with Crippen molar-refractivity contribution in [3.8, 4) is 0 Å². The number of furan rings is 1. The number of rotatable bonds is 6. The molecule has 0 bridgehead atoms. The molecule has 21 heavy (non-hydrogen) atoms. The van der Waals surface area contributed by atoms with Crippen LogP contribution in [0.25, 0.3) is 0 Å². The molecule has 2 aromatic heterocycles. The summed E-state index contributed by atoms with van der Waals surface area (Å²) in [7, 11) is 1.95. The zero-order valence-corrected chi connectivity index (χ0v) is 12.5. The zero-order valence-electron chi connectivity index (χ0n) is 12.5. The smallest absolute Gasteiger partial charge is 0.185 e. The third-order valence-corrected chi connectivity index (χ3v) is 3.42. The third-order valence-electron chi connectivity index (χ3n) is 3.42. The van der Waals surface area contributed by atoms with Crippen LogP contribution in [0.15, 0.2) is 35.1 Å². The van der Waals surface area contributed by atoms with E-state index in [9.17, 15) is 9.18 Å². The summed E-state index contributed by atoms with van der Waals surface area (Å²) in [6, 6.07) is 4.61. The number of Topliss-reactive ketones (excluding diaryl/α,β-unsaturated/α-hetero) is 1. The van der Waals surface area contributed by atoms with E-state index in [1.54, 1.807) is 6.26 Å². The van der Waals surface area contributed by atoms with Crippen LogP contribution in [0.1, 0.15) is 28.7 Å². The number of carbonyl (C=O) groups excluding carboxylic acids is 1. The molecule has 0 radical (unpaired) electrons. The summed E-state index contributed by atoms with van der Waals surface area (Å²) in [5.41, 5.74) is 1.41. The second-order valence-corrected chi connectivity index (χ2v) is 5.33. The highest BCUT2D eigenvalue weighted by molar-refractivity contribution is 5.95. The second kappa shape index (κ2) is 6.63. The molecule has 2 heterocycles. The van der Waals surface area contributed by atoms with Crippen molar-refractivity contribution in [1.82, 2.24) is 9.88 Å². The fourth-order valence-corrected chi connectivity index (χ4v) is 2.26. The van der Waals surface area contributed by atoms with Crippen LogP contribution >= 0.6 is 0 Å². The summed E-state index contributed by atoms with van der Waals surface area (Å²) in [6.45, 7) is 5.09. The molecule has 5 heteroatoms. The average molecular weight is 290 g/mol. The lowest BCUT2D eigenvalue weighted by molar-refractivity contribution is 0.0895. The Morgan fingerprint density at radius 1 is 1.43 bits per heavy atom. The largest absolute Gasteiger partial charge is 0.469 e. The molecule has 2 rings (SSSR count). The van der Waals surface area contributed by atoms with Crippen LogP contribution < -0.4 is 0 Å². The van der Waals surface area contributed by atoms with Gasteiger partial charge in [0.05, 0.1) is 12.5 Å². The number of carbonyl (C=O) groups is 1. The highest BCUT2D eigenvalue weighted by atomic mass is 19.1. The highest BCUT2D eigenvalue weighted by Crippen LogP contribution is 2.13. The summed E-state index contributed by atoms with van der Waals surface area (Å²) in [4.78, 5) is 18.1. The third kappa shape index (κ3) is 3.98. The van der Waals surface area contributed by atoms with Crippen LogP contribution in [0.2, 0.25) is 0 Å². The van der Waals surface area contributed by atoms with E-state index in [1.807, 2.05) is 27.0 Å². The molecule has 0 saturated heterocycles. The maximum atomic E-state index is 12.8. The monoisotopic (exact) mass is 290 g/mol. The first-order valence-electron chi connectivity index (χ1n) is 6.84. The lowest BCUT2D eigenvalue weighted by Gasteiger charge is -2.20. The van der Waals surface area contributed by atoms with Gasteiger partial charge in [0.1, 0.15) is 17.3 Å². The van der Waals surface area contributed by atoms with Crippen LogP contribution in [0.5, 0.6) is 0 Å². The van der Waals surface area contributed by atoms with Crippen LogP contribution in [0.4, 0.5) is 4.39 Å². The second-order valence-electron chi connectivity index (χ2n) is 5.33. The summed E-state index contributed by atoms with van der Waals surface area (Å²) in [6.07, 6.45) is 2.73. The first-order chi connectivity index (χ1) is 9.97. The van der Waals surface area contributed by atoms with Gasteiger partial charge in [0.25, 0.3) is 0 Å². The highest BCUT2D eigenvalue weighted by Gasteiger charge is 2.19. The number of aromatic nitrogens is 1. The summed E-state index contributed by atoms with van der Waals surface area (Å²) in [5, 5.41) is 0. The number of pyridine rings is 1. The molecule has 0 aliphatic rings. The van der Waals surface area contributed by atoms with Crippen molar-refractivity contribution in [1.29, 1.82) is 0 Å². The Hall–Kier alpha value is -2.01. The Labute approximate surface area is 123 Å². The number of hydrogen-bond acceptors (Lipinski definition) is 4. The van der Waals surface area contributed by atoms with Gasteiger partial charge < -0.3 is 9.32 Å². The van der Waals surface area contributed by atoms with Gasteiger partial charge in [0, 0.05) is 24.6 Å². The lowest BCUT2D eigenvalue weighted by atomic mass is 10.0. The van der Waals surface area contributed by atoms with Crippen molar-refractivity contribution in [2.45, 2.75) is 20.4 Å². The van der Waals surface area contributed by atoms with Crippen LogP contribution in [-0.4, -0.2) is 29.3 Å². The Balaban J connectivity index is 1.94. The summed E-state index contributed by atoms with van der Waals surface area (Å²) < 4.78 is 18.1. The fourth-order valence-electron chi connectivity index (χ4n) is 2.26. The number of nitrogens with zero attached hydrogens (tertiary/aromatic N) is 2. The molecule has 4 nitrogen and oxygen atoms in total. The molecule has 0 N–H and O–H groups in total. The van der Waals surface area contributed by atoms with Crippen LogP contribution in [0, 0.1) is 18.7 Å². The predicted molar refractivity (Wildman–Crippen MR) is 77.5 cm³/mol. The van der Waals surface area contributed by atoms with E-state index >= 15 is 0 Å². The molecule has 0 aromatic carbocycles. The van der Waals surface area contributed by atoms with Crippen LogP contribution in [-0.2, 0) is 6.54 Å². The fraction of sp³-hybridized carbons (Fsp3) is 0.375. The molecule has 0 fully saturated rings. The minimum absolute atomic E-state index is 0.0780. The number of hydrogen-bond donors (Lipinski definition) is 0.